The van der Waals surface area contributed by atoms with Crippen LogP contribution in [0.3, 0.4) is 0 Å². The van der Waals surface area contributed by atoms with Crippen LogP contribution >= 0.6 is 11.6 Å². The topological polar surface area (TPSA) is 66.8 Å². The molecule has 1 aromatic rings. The van der Waals surface area contributed by atoms with Gasteiger partial charge in [0, 0.05) is 29.5 Å². The highest BCUT2D eigenvalue weighted by atomic mass is 35.5. The first kappa shape index (κ1) is 20.3. The second kappa shape index (κ2) is 7.55. The molecule has 1 aromatic carbocycles. The molecule has 0 radical (unpaired) electrons. The SMILES string of the molecule is O=C(O)CCCCN1C(=O)O[C@](C#CC2CC2)(C(F)(F)F)c2cc(Cl)ccc21. The zero-order chi connectivity index (χ0) is 20.5. The number of carboxylic acids is 1. The quantitative estimate of drug-likeness (QED) is 0.558. The summed E-state index contributed by atoms with van der Waals surface area (Å²) in [5.74, 6) is 3.62. The number of halogens is 4. The van der Waals surface area contributed by atoms with Crippen molar-refractivity contribution < 1.29 is 32.6 Å². The van der Waals surface area contributed by atoms with Crippen molar-refractivity contribution in [2.75, 3.05) is 11.4 Å². The molecule has 0 aromatic heterocycles. The summed E-state index contributed by atoms with van der Waals surface area (Å²) in [6, 6.07) is 3.83. The number of fused-ring (bicyclic) bond motifs is 1. The third-order valence-corrected chi connectivity index (χ3v) is 4.78. The van der Waals surface area contributed by atoms with Gasteiger partial charge < -0.3 is 9.84 Å². The fourth-order valence-electron chi connectivity index (χ4n) is 2.93. The van der Waals surface area contributed by atoms with E-state index in [0.29, 0.717) is 12.8 Å². The molecule has 1 aliphatic carbocycles. The summed E-state index contributed by atoms with van der Waals surface area (Å²) in [5, 5.41) is 8.76. The van der Waals surface area contributed by atoms with Crippen LogP contribution in [0.4, 0.5) is 23.7 Å². The third kappa shape index (κ3) is 4.04. The van der Waals surface area contributed by atoms with Crippen molar-refractivity contribution in [2.24, 2.45) is 5.92 Å². The van der Waals surface area contributed by atoms with Crippen LogP contribution in [0.5, 0.6) is 0 Å². The summed E-state index contributed by atoms with van der Waals surface area (Å²) in [6.45, 7) is 0.0186. The Hall–Kier alpha value is -2.40. The fraction of sp³-hybridized carbons (Fsp3) is 0.474. The predicted molar refractivity (Wildman–Crippen MR) is 95.0 cm³/mol. The Kier molecular flexibility index (Phi) is 5.48. The summed E-state index contributed by atoms with van der Waals surface area (Å²) in [4.78, 5) is 24.2. The number of ether oxygens (including phenoxy) is 1. The molecule has 0 unspecified atom stereocenters. The Morgan fingerprint density at radius 2 is 2.07 bits per heavy atom. The van der Waals surface area contributed by atoms with Gasteiger partial charge in [-0.25, -0.2) is 4.79 Å². The van der Waals surface area contributed by atoms with E-state index >= 15 is 0 Å². The number of carboxylic acid groups (broad SMARTS) is 1. The van der Waals surface area contributed by atoms with Crippen LogP contribution < -0.4 is 4.90 Å². The Bertz CT molecular complexity index is 857. The summed E-state index contributed by atoms with van der Waals surface area (Å²) >= 11 is 5.94. The first-order valence-corrected chi connectivity index (χ1v) is 9.13. The number of carbonyl (C=O) groups excluding carboxylic acids is 1. The van der Waals surface area contributed by atoms with Crippen LogP contribution in [0.2, 0.25) is 5.02 Å². The van der Waals surface area contributed by atoms with Crippen molar-refractivity contribution in [3.8, 4) is 11.8 Å². The molecule has 5 nitrogen and oxygen atoms in total. The lowest BCUT2D eigenvalue weighted by Crippen LogP contribution is -2.53. The third-order valence-electron chi connectivity index (χ3n) is 4.54. The van der Waals surface area contributed by atoms with Gasteiger partial charge in [-0.15, -0.1) is 0 Å². The summed E-state index contributed by atoms with van der Waals surface area (Å²) in [5.41, 5.74) is -3.40. The Labute approximate surface area is 164 Å². The van der Waals surface area contributed by atoms with Gasteiger partial charge in [0.2, 0.25) is 0 Å². The van der Waals surface area contributed by atoms with Gasteiger partial charge in [-0.3, -0.25) is 9.69 Å². The van der Waals surface area contributed by atoms with Gasteiger partial charge in [-0.1, -0.05) is 17.5 Å². The van der Waals surface area contributed by atoms with Crippen LogP contribution in [0.15, 0.2) is 18.2 Å². The average molecular weight is 416 g/mol. The molecule has 0 spiro atoms. The van der Waals surface area contributed by atoms with E-state index in [1.807, 2.05) is 0 Å². The monoisotopic (exact) mass is 415 g/mol. The molecule has 28 heavy (non-hydrogen) atoms. The van der Waals surface area contributed by atoms with Gasteiger partial charge >= 0.3 is 18.2 Å². The van der Waals surface area contributed by atoms with Crippen molar-refractivity contribution in [3.63, 3.8) is 0 Å². The lowest BCUT2D eigenvalue weighted by Gasteiger charge is -2.40. The highest BCUT2D eigenvalue weighted by Crippen LogP contribution is 2.49. The number of anilines is 1. The summed E-state index contributed by atoms with van der Waals surface area (Å²) < 4.78 is 47.1. The van der Waals surface area contributed by atoms with E-state index in [1.54, 1.807) is 0 Å². The molecule has 3 rings (SSSR count). The second-order valence-corrected chi connectivity index (χ2v) is 7.19. The highest BCUT2D eigenvalue weighted by Gasteiger charge is 2.63. The number of unbranched alkanes of at least 4 members (excludes halogenated alkanes) is 1. The number of alkyl halides is 3. The van der Waals surface area contributed by atoms with Gasteiger partial charge in [0.1, 0.15) is 0 Å². The van der Waals surface area contributed by atoms with Gasteiger partial charge in [0.05, 0.1) is 5.69 Å². The van der Waals surface area contributed by atoms with E-state index < -0.39 is 23.8 Å². The molecule has 0 bridgehead atoms. The first-order chi connectivity index (χ1) is 13.1. The van der Waals surface area contributed by atoms with Crippen LogP contribution in [-0.4, -0.2) is 29.9 Å². The molecule has 0 saturated heterocycles. The van der Waals surface area contributed by atoms with Gasteiger partial charge in [-0.05, 0) is 49.8 Å². The zero-order valence-corrected chi connectivity index (χ0v) is 15.4. The number of hydrogen-bond acceptors (Lipinski definition) is 3. The highest BCUT2D eigenvalue weighted by molar-refractivity contribution is 6.30. The van der Waals surface area contributed by atoms with Crippen molar-refractivity contribution in [1.82, 2.24) is 0 Å². The molecular weight excluding hydrogens is 399 g/mol. The Morgan fingerprint density at radius 3 is 2.68 bits per heavy atom. The lowest BCUT2D eigenvalue weighted by molar-refractivity contribution is -0.240. The number of benzene rings is 1. The molecule has 1 atom stereocenters. The minimum absolute atomic E-state index is 0.0124. The first-order valence-electron chi connectivity index (χ1n) is 8.76. The van der Waals surface area contributed by atoms with E-state index in [9.17, 15) is 22.8 Å². The lowest BCUT2D eigenvalue weighted by atomic mass is 9.89. The molecule has 1 aliphatic heterocycles. The Morgan fingerprint density at radius 1 is 1.36 bits per heavy atom. The number of carbonyl (C=O) groups is 2. The molecule has 1 heterocycles. The number of hydrogen-bond donors (Lipinski definition) is 1. The van der Waals surface area contributed by atoms with E-state index in [2.05, 4.69) is 11.8 Å². The molecule has 1 saturated carbocycles. The second-order valence-electron chi connectivity index (χ2n) is 6.75. The van der Waals surface area contributed by atoms with E-state index in [4.69, 9.17) is 21.4 Å². The van der Waals surface area contributed by atoms with Crippen LogP contribution in [0.1, 0.15) is 37.7 Å². The average Bonchev–Trinajstić information content (AvgIpc) is 3.41. The molecule has 9 heteroatoms. The molecule has 1 N–H and O–H groups in total. The van der Waals surface area contributed by atoms with E-state index in [0.717, 1.165) is 11.0 Å². The largest absolute Gasteiger partial charge is 0.481 e. The zero-order valence-electron chi connectivity index (χ0n) is 14.7. The van der Waals surface area contributed by atoms with Gasteiger partial charge in [-0.2, -0.15) is 13.2 Å². The van der Waals surface area contributed by atoms with Crippen LogP contribution in [0.25, 0.3) is 0 Å². The predicted octanol–water partition coefficient (Wildman–Crippen LogP) is 4.72. The van der Waals surface area contributed by atoms with Crippen molar-refractivity contribution in [3.05, 3.63) is 28.8 Å². The molecule has 150 valence electrons. The van der Waals surface area contributed by atoms with Crippen LogP contribution in [0, 0.1) is 17.8 Å². The minimum atomic E-state index is -4.96. The van der Waals surface area contributed by atoms with Crippen molar-refractivity contribution in [1.29, 1.82) is 0 Å². The number of amides is 1. The van der Waals surface area contributed by atoms with Crippen molar-refractivity contribution >= 4 is 29.4 Å². The molecule has 1 fully saturated rings. The standard InChI is InChI=1S/C19H17ClF3NO4/c20-13-6-7-15-14(11-13)18(19(21,22)23,9-8-12-4-5-12)28-17(27)24(15)10-2-1-3-16(25)26/h6-7,11-12H,1-5,10H2,(H,25,26)/t18-/m0/s1. The maximum Gasteiger partial charge on any atom is 0.445 e. The normalized spacial score (nSPS) is 21.4. The number of cyclic esters (lactones) is 1. The number of nitrogens with zero attached hydrogens (tertiary/aromatic N) is 1. The number of rotatable bonds is 5. The number of aliphatic carboxylic acids is 1. The van der Waals surface area contributed by atoms with E-state index in [1.165, 1.54) is 12.1 Å². The summed E-state index contributed by atoms with van der Waals surface area (Å²) in [6.07, 6.45) is -4.24. The maximum absolute atomic E-state index is 14.1. The van der Waals surface area contributed by atoms with Crippen molar-refractivity contribution in [2.45, 2.75) is 43.9 Å². The minimum Gasteiger partial charge on any atom is -0.481 e. The molecule has 2 aliphatic rings. The maximum atomic E-state index is 14.1. The summed E-state index contributed by atoms with van der Waals surface area (Å²) in [7, 11) is 0. The molecule has 1 amide bonds. The molecular formula is C19H17ClF3NO4. The van der Waals surface area contributed by atoms with Gasteiger partial charge in [0.25, 0.3) is 5.60 Å². The smallest absolute Gasteiger partial charge is 0.445 e. The van der Waals surface area contributed by atoms with E-state index in [-0.39, 0.29) is 48.0 Å². The van der Waals surface area contributed by atoms with Crippen LogP contribution in [-0.2, 0) is 15.1 Å². The van der Waals surface area contributed by atoms with Gasteiger partial charge in [0.15, 0.2) is 0 Å². The Balaban J connectivity index is 2.00. The fourth-order valence-corrected chi connectivity index (χ4v) is 3.10.